The lowest BCUT2D eigenvalue weighted by Crippen LogP contribution is -2.37. The van der Waals surface area contributed by atoms with Gasteiger partial charge in [0.25, 0.3) is 5.56 Å². The Morgan fingerprint density at radius 1 is 1.57 bits per heavy atom. The fourth-order valence-corrected chi connectivity index (χ4v) is 1.58. The minimum Gasteiger partial charge on any atom is -0.309 e. The van der Waals surface area contributed by atoms with Gasteiger partial charge in [0.1, 0.15) is 5.82 Å². The number of likely N-dealkylation sites (tertiary alicyclic amines) is 1. The molecule has 1 fully saturated rings. The predicted octanol–water partition coefficient (Wildman–Crippen LogP) is 0.714. The fraction of sp³-hybridized carbons (Fsp3) is 0.556. The summed E-state index contributed by atoms with van der Waals surface area (Å²) in [4.78, 5) is 20.5. The van der Waals surface area contributed by atoms with Crippen molar-refractivity contribution in [1.29, 1.82) is 0 Å². The van der Waals surface area contributed by atoms with Gasteiger partial charge in [0.2, 0.25) is 0 Å². The molecule has 76 valence electrons. The van der Waals surface area contributed by atoms with Gasteiger partial charge in [-0.2, -0.15) is 0 Å². The molecule has 14 heavy (non-hydrogen) atoms. The molecule has 1 aliphatic heterocycles. The van der Waals surface area contributed by atoms with Crippen LogP contribution in [0.25, 0.3) is 0 Å². The Hall–Kier alpha value is -0.870. The average molecular weight is 214 g/mol. The smallest absolute Gasteiger partial charge is 0.255 e. The predicted molar refractivity (Wildman–Crippen MR) is 54.3 cm³/mol. The van der Waals surface area contributed by atoms with E-state index in [1.54, 1.807) is 6.20 Å². The van der Waals surface area contributed by atoms with Crippen molar-refractivity contribution in [1.82, 2.24) is 14.9 Å². The number of alkyl halides is 1. The third kappa shape index (κ3) is 1.96. The molecule has 0 aromatic carbocycles. The van der Waals surface area contributed by atoms with Crippen LogP contribution in [0.5, 0.6) is 0 Å². The first-order valence-electron chi connectivity index (χ1n) is 4.65. The number of aromatic amines is 1. The van der Waals surface area contributed by atoms with Gasteiger partial charge in [0, 0.05) is 6.20 Å². The summed E-state index contributed by atoms with van der Waals surface area (Å²) in [7, 11) is 0. The van der Waals surface area contributed by atoms with E-state index in [4.69, 9.17) is 11.6 Å². The summed E-state index contributed by atoms with van der Waals surface area (Å²) in [5.41, 5.74) is 0.407. The maximum absolute atomic E-state index is 11.4. The van der Waals surface area contributed by atoms with Crippen LogP contribution in [0.1, 0.15) is 17.8 Å². The van der Waals surface area contributed by atoms with E-state index >= 15 is 0 Å². The molecule has 4 nitrogen and oxygen atoms in total. The Labute approximate surface area is 86.9 Å². The van der Waals surface area contributed by atoms with Gasteiger partial charge in [0.15, 0.2) is 0 Å². The van der Waals surface area contributed by atoms with Crippen LogP contribution in [0.2, 0.25) is 0 Å². The number of hydrogen-bond donors (Lipinski definition) is 1. The monoisotopic (exact) mass is 213 g/mol. The highest BCUT2D eigenvalue weighted by molar-refractivity contribution is 6.16. The van der Waals surface area contributed by atoms with Crippen LogP contribution in [0.4, 0.5) is 0 Å². The summed E-state index contributed by atoms with van der Waals surface area (Å²) in [5, 5.41) is 0. The number of aromatic nitrogens is 2. The van der Waals surface area contributed by atoms with Gasteiger partial charge in [-0.15, -0.1) is 11.6 Å². The van der Waals surface area contributed by atoms with Crippen molar-refractivity contribution in [3.63, 3.8) is 0 Å². The standard InChI is InChI=1S/C9H12ClN3O/c10-4-7-5-11-8(12-9(7)14)6-13-2-1-3-13/h5H,1-4,6H2,(H,11,12,14). The van der Waals surface area contributed by atoms with Crippen LogP contribution in [0, 0.1) is 0 Å². The Bertz CT molecular complexity index is 373. The SMILES string of the molecule is O=c1[nH]c(CN2CCC2)ncc1CCl. The van der Waals surface area contributed by atoms with Crippen LogP contribution in [0.15, 0.2) is 11.0 Å². The number of halogens is 1. The lowest BCUT2D eigenvalue weighted by molar-refractivity contribution is 0.168. The minimum atomic E-state index is -0.120. The van der Waals surface area contributed by atoms with Crippen molar-refractivity contribution < 1.29 is 0 Å². The second-order valence-corrected chi connectivity index (χ2v) is 3.71. The fourth-order valence-electron chi connectivity index (χ4n) is 1.39. The quantitative estimate of drug-likeness (QED) is 0.753. The summed E-state index contributed by atoms with van der Waals surface area (Å²) >= 11 is 5.56. The maximum atomic E-state index is 11.4. The van der Waals surface area contributed by atoms with Gasteiger partial charge in [0.05, 0.1) is 18.0 Å². The van der Waals surface area contributed by atoms with E-state index in [0.717, 1.165) is 25.5 Å². The molecule has 0 aliphatic carbocycles. The van der Waals surface area contributed by atoms with Gasteiger partial charge in [-0.1, -0.05) is 0 Å². The van der Waals surface area contributed by atoms with Gasteiger partial charge in [-0.3, -0.25) is 9.69 Å². The summed E-state index contributed by atoms with van der Waals surface area (Å²) < 4.78 is 0. The Kier molecular flexibility index (Phi) is 2.84. The molecular weight excluding hydrogens is 202 g/mol. The van der Waals surface area contributed by atoms with Gasteiger partial charge in [-0.05, 0) is 19.5 Å². The van der Waals surface area contributed by atoms with Gasteiger partial charge in [-0.25, -0.2) is 4.98 Å². The number of nitrogens with zero attached hydrogens (tertiary/aromatic N) is 2. The second kappa shape index (κ2) is 4.11. The number of nitrogens with one attached hydrogen (secondary N) is 1. The van der Waals surface area contributed by atoms with E-state index in [9.17, 15) is 4.79 Å². The molecule has 2 rings (SSSR count). The summed E-state index contributed by atoms with van der Waals surface area (Å²) in [6.45, 7) is 2.93. The first kappa shape index (κ1) is 9.68. The zero-order chi connectivity index (χ0) is 9.97. The van der Waals surface area contributed by atoms with Crippen LogP contribution in [0.3, 0.4) is 0 Å². The summed E-state index contributed by atoms with van der Waals surface area (Å²) in [5.74, 6) is 0.940. The molecule has 5 heteroatoms. The Balaban J connectivity index is 2.11. The van der Waals surface area contributed by atoms with Crippen molar-refractivity contribution in [3.05, 3.63) is 27.9 Å². The third-order valence-corrected chi connectivity index (χ3v) is 2.68. The van der Waals surface area contributed by atoms with Gasteiger partial charge >= 0.3 is 0 Å². The third-order valence-electron chi connectivity index (χ3n) is 2.39. The van der Waals surface area contributed by atoms with E-state index in [2.05, 4.69) is 14.9 Å². The largest absolute Gasteiger partial charge is 0.309 e. The summed E-state index contributed by atoms with van der Waals surface area (Å²) in [6, 6.07) is 0. The van der Waals surface area contributed by atoms with E-state index < -0.39 is 0 Å². The minimum absolute atomic E-state index is 0.120. The highest BCUT2D eigenvalue weighted by Crippen LogP contribution is 2.08. The zero-order valence-corrected chi connectivity index (χ0v) is 8.55. The average Bonchev–Trinajstić information content (AvgIpc) is 2.12. The molecule has 1 aromatic heterocycles. The van der Waals surface area contributed by atoms with Crippen LogP contribution in [-0.2, 0) is 12.4 Å². The molecular formula is C9H12ClN3O. The molecule has 0 radical (unpaired) electrons. The van der Waals surface area contributed by atoms with Crippen LogP contribution >= 0.6 is 11.6 Å². The van der Waals surface area contributed by atoms with E-state index in [-0.39, 0.29) is 11.4 Å². The molecule has 0 atom stereocenters. The topological polar surface area (TPSA) is 49.0 Å². The molecule has 1 saturated heterocycles. The molecule has 0 amide bonds. The van der Waals surface area contributed by atoms with Crippen LogP contribution < -0.4 is 5.56 Å². The summed E-state index contributed by atoms with van der Waals surface area (Å²) in [6.07, 6.45) is 2.80. The highest BCUT2D eigenvalue weighted by Gasteiger charge is 2.14. The second-order valence-electron chi connectivity index (χ2n) is 3.45. The molecule has 1 aliphatic rings. The molecule has 0 bridgehead atoms. The van der Waals surface area contributed by atoms with E-state index in [1.807, 2.05) is 0 Å². The normalized spacial score (nSPS) is 16.6. The first-order chi connectivity index (χ1) is 6.79. The van der Waals surface area contributed by atoms with E-state index in [1.165, 1.54) is 6.42 Å². The molecule has 0 spiro atoms. The number of hydrogen-bond acceptors (Lipinski definition) is 3. The van der Waals surface area contributed by atoms with Crippen molar-refractivity contribution in [2.45, 2.75) is 18.8 Å². The van der Waals surface area contributed by atoms with E-state index in [0.29, 0.717) is 5.56 Å². The Morgan fingerprint density at radius 3 is 2.86 bits per heavy atom. The number of rotatable bonds is 3. The molecule has 0 saturated carbocycles. The van der Waals surface area contributed by atoms with Crippen molar-refractivity contribution in [2.24, 2.45) is 0 Å². The lowest BCUT2D eigenvalue weighted by atomic mass is 10.2. The zero-order valence-electron chi connectivity index (χ0n) is 7.79. The molecule has 2 heterocycles. The molecule has 0 unspecified atom stereocenters. The van der Waals surface area contributed by atoms with Crippen molar-refractivity contribution >= 4 is 11.6 Å². The first-order valence-corrected chi connectivity index (χ1v) is 5.18. The highest BCUT2D eigenvalue weighted by atomic mass is 35.5. The van der Waals surface area contributed by atoms with Crippen LogP contribution in [-0.4, -0.2) is 28.0 Å². The Morgan fingerprint density at radius 2 is 2.36 bits per heavy atom. The van der Waals surface area contributed by atoms with Crippen molar-refractivity contribution in [2.75, 3.05) is 13.1 Å². The number of H-pyrrole nitrogens is 1. The molecule has 1 N–H and O–H groups in total. The van der Waals surface area contributed by atoms with Gasteiger partial charge < -0.3 is 4.98 Å². The van der Waals surface area contributed by atoms with Crippen molar-refractivity contribution in [3.8, 4) is 0 Å². The maximum Gasteiger partial charge on any atom is 0.255 e. The lowest BCUT2D eigenvalue weighted by Gasteiger charge is -2.29. The molecule has 1 aromatic rings.